The number of nitrogens with zero attached hydrogens (tertiary/aromatic N) is 1. The Morgan fingerprint density at radius 1 is 1.29 bits per heavy atom. The van der Waals surface area contributed by atoms with Crippen molar-refractivity contribution in [1.82, 2.24) is 4.31 Å². The van der Waals surface area contributed by atoms with Crippen LogP contribution in [0.15, 0.2) is 29.2 Å². The minimum atomic E-state index is -4.72. The number of alkyl halides is 4. The summed E-state index contributed by atoms with van der Waals surface area (Å²) in [4.78, 5) is -0.712. The number of halogens is 4. The first-order valence-electron chi connectivity index (χ1n) is 6.44. The van der Waals surface area contributed by atoms with Crippen LogP contribution in [0.2, 0.25) is 0 Å². The summed E-state index contributed by atoms with van der Waals surface area (Å²) in [7, 11) is -4.20. The second-order valence-electron chi connectivity index (χ2n) is 5.14. The largest absolute Gasteiger partial charge is 0.417 e. The summed E-state index contributed by atoms with van der Waals surface area (Å²) in [6.45, 7) is 2.10. The van der Waals surface area contributed by atoms with Gasteiger partial charge in [0, 0.05) is 18.5 Å². The molecular formula is C13H15ClF3NO2S. The lowest BCUT2D eigenvalue weighted by Crippen LogP contribution is -2.44. The number of hydrogen-bond acceptors (Lipinski definition) is 2. The molecule has 0 aliphatic carbocycles. The van der Waals surface area contributed by atoms with Gasteiger partial charge in [-0.25, -0.2) is 8.42 Å². The summed E-state index contributed by atoms with van der Waals surface area (Å²) in [6.07, 6.45) is -4.19. The highest BCUT2D eigenvalue weighted by Crippen LogP contribution is 2.36. The Balaban J connectivity index is 2.42. The molecule has 3 nitrogen and oxygen atoms in total. The van der Waals surface area contributed by atoms with Crippen LogP contribution in [0.3, 0.4) is 0 Å². The highest BCUT2D eigenvalue weighted by Gasteiger charge is 2.40. The zero-order chi connectivity index (χ0) is 15.8. The number of hydrogen-bond donors (Lipinski definition) is 0. The van der Waals surface area contributed by atoms with Gasteiger partial charge in [-0.1, -0.05) is 19.1 Å². The minimum Gasteiger partial charge on any atom is -0.207 e. The quantitative estimate of drug-likeness (QED) is 0.774. The molecular weight excluding hydrogens is 327 g/mol. The van der Waals surface area contributed by atoms with E-state index in [1.165, 1.54) is 12.1 Å². The van der Waals surface area contributed by atoms with Crippen molar-refractivity contribution in [3.63, 3.8) is 0 Å². The Bertz CT molecular complexity index is 618. The van der Waals surface area contributed by atoms with Gasteiger partial charge in [0.1, 0.15) is 0 Å². The van der Waals surface area contributed by atoms with Crippen LogP contribution in [0.4, 0.5) is 13.2 Å². The summed E-state index contributed by atoms with van der Waals surface area (Å²) in [5.74, 6) is 0.135. The number of rotatable bonds is 2. The molecule has 1 saturated heterocycles. The lowest BCUT2D eigenvalue weighted by atomic mass is 10.0. The van der Waals surface area contributed by atoms with E-state index in [0.29, 0.717) is 6.42 Å². The highest BCUT2D eigenvalue weighted by atomic mass is 35.5. The van der Waals surface area contributed by atoms with Crippen molar-refractivity contribution in [1.29, 1.82) is 0 Å². The molecule has 2 atom stereocenters. The molecule has 2 unspecified atom stereocenters. The summed E-state index contributed by atoms with van der Waals surface area (Å²) in [5, 5.41) is -0.397. The second kappa shape index (κ2) is 5.78. The van der Waals surface area contributed by atoms with Gasteiger partial charge in [-0.2, -0.15) is 17.5 Å². The van der Waals surface area contributed by atoms with Crippen molar-refractivity contribution in [3.05, 3.63) is 29.8 Å². The van der Waals surface area contributed by atoms with E-state index in [-0.39, 0.29) is 19.0 Å². The van der Waals surface area contributed by atoms with E-state index in [2.05, 4.69) is 0 Å². The van der Waals surface area contributed by atoms with Gasteiger partial charge in [0.25, 0.3) is 0 Å². The molecule has 21 heavy (non-hydrogen) atoms. The molecule has 1 aromatic carbocycles. The van der Waals surface area contributed by atoms with Gasteiger partial charge in [0.15, 0.2) is 0 Å². The number of benzene rings is 1. The van der Waals surface area contributed by atoms with E-state index in [4.69, 9.17) is 11.6 Å². The number of sulfonamides is 1. The Morgan fingerprint density at radius 3 is 2.48 bits per heavy atom. The second-order valence-corrected chi connectivity index (χ2v) is 7.61. The van der Waals surface area contributed by atoms with Gasteiger partial charge in [-0.05, 0) is 24.5 Å². The van der Waals surface area contributed by atoms with Crippen LogP contribution in [0.1, 0.15) is 18.9 Å². The van der Waals surface area contributed by atoms with Crippen molar-refractivity contribution in [2.24, 2.45) is 5.92 Å². The molecule has 0 aromatic heterocycles. The van der Waals surface area contributed by atoms with Crippen molar-refractivity contribution in [3.8, 4) is 0 Å². The first kappa shape index (κ1) is 16.6. The van der Waals surface area contributed by atoms with Gasteiger partial charge in [0.05, 0.1) is 10.5 Å². The fourth-order valence-corrected chi connectivity index (χ4v) is 4.34. The number of piperidine rings is 1. The van der Waals surface area contributed by atoms with E-state index < -0.39 is 32.0 Å². The van der Waals surface area contributed by atoms with Crippen molar-refractivity contribution in [2.45, 2.75) is 29.8 Å². The van der Waals surface area contributed by atoms with Gasteiger partial charge in [0.2, 0.25) is 10.0 Å². The monoisotopic (exact) mass is 341 g/mol. The molecule has 0 saturated carbocycles. The Kier molecular flexibility index (Phi) is 4.56. The molecule has 0 N–H and O–H groups in total. The molecule has 0 radical (unpaired) electrons. The van der Waals surface area contributed by atoms with Crippen LogP contribution in [-0.4, -0.2) is 31.2 Å². The van der Waals surface area contributed by atoms with Crippen LogP contribution in [0.5, 0.6) is 0 Å². The summed E-state index contributed by atoms with van der Waals surface area (Å²) in [5.41, 5.74) is -1.14. The molecule has 0 amide bonds. The maximum absolute atomic E-state index is 13.0. The Morgan fingerprint density at radius 2 is 1.90 bits per heavy atom. The van der Waals surface area contributed by atoms with E-state index >= 15 is 0 Å². The molecule has 0 spiro atoms. The van der Waals surface area contributed by atoms with Crippen LogP contribution in [-0.2, 0) is 16.2 Å². The molecule has 1 aromatic rings. The molecule has 8 heteroatoms. The molecule has 1 aliphatic heterocycles. The average Bonchev–Trinajstić information content (AvgIpc) is 2.41. The topological polar surface area (TPSA) is 37.4 Å². The smallest absolute Gasteiger partial charge is 0.207 e. The normalized spacial score (nSPS) is 25.0. The minimum absolute atomic E-state index is 0.0250. The van der Waals surface area contributed by atoms with Crippen LogP contribution in [0.25, 0.3) is 0 Å². The first-order valence-corrected chi connectivity index (χ1v) is 8.32. The Labute approximate surface area is 126 Å². The molecule has 0 bridgehead atoms. The average molecular weight is 342 g/mol. The molecule has 1 fully saturated rings. The molecule has 2 rings (SSSR count). The fourth-order valence-electron chi connectivity index (χ4n) is 2.28. The van der Waals surface area contributed by atoms with Crippen LogP contribution in [0, 0.1) is 5.92 Å². The molecule has 1 aliphatic rings. The van der Waals surface area contributed by atoms with E-state index in [9.17, 15) is 21.6 Å². The van der Waals surface area contributed by atoms with Crippen molar-refractivity contribution >= 4 is 21.6 Å². The molecule has 118 valence electrons. The van der Waals surface area contributed by atoms with E-state index in [0.717, 1.165) is 16.4 Å². The lowest BCUT2D eigenvalue weighted by molar-refractivity contribution is -0.139. The van der Waals surface area contributed by atoms with Gasteiger partial charge in [-0.3, -0.25) is 0 Å². The predicted molar refractivity (Wildman–Crippen MR) is 73.6 cm³/mol. The zero-order valence-electron chi connectivity index (χ0n) is 11.3. The summed E-state index contributed by atoms with van der Waals surface area (Å²) in [6, 6.07) is 4.22. The first-order chi connectivity index (χ1) is 9.64. The third-order valence-electron chi connectivity index (χ3n) is 3.64. The predicted octanol–water partition coefficient (Wildman–Crippen LogP) is 3.34. The standard InChI is InChI=1S/C13H15ClF3NO2S/c1-9-6-7-18(8-11(9)14)21(19,20)12-5-3-2-4-10(12)13(15,16)17/h2-5,9,11H,6-8H2,1H3. The van der Waals surface area contributed by atoms with Crippen LogP contribution >= 0.6 is 11.6 Å². The highest BCUT2D eigenvalue weighted by molar-refractivity contribution is 7.89. The third kappa shape index (κ3) is 3.35. The SMILES string of the molecule is CC1CCN(S(=O)(=O)c2ccccc2C(F)(F)F)CC1Cl. The summed E-state index contributed by atoms with van der Waals surface area (Å²) < 4.78 is 64.9. The van der Waals surface area contributed by atoms with Gasteiger partial charge < -0.3 is 0 Å². The third-order valence-corrected chi connectivity index (χ3v) is 6.13. The summed E-state index contributed by atoms with van der Waals surface area (Å²) >= 11 is 6.06. The van der Waals surface area contributed by atoms with Crippen molar-refractivity contribution in [2.75, 3.05) is 13.1 Å². The van der Waals surface area contributed by atoms with Crippen LogP contribution < -0.4 is 0 Å². The zero-order valence-corrected chi connectivity index (χ0v) is 12.8. The molecule has 1 heterocycles. The lowest BCUT2D eigenvalue weighted by Gasteiger charge is -2.33. The fraction of sp³-hybridized carbons (Fsp3) is 0.538. The maximum Gasteiger partial charge on any atom is 0.417 e. The van der Waals surface area contributed by atoms with Gasteiger partial charge in [-0.15, -0.1) is 11.6 Å². The Hall–Kier alpha value is -0.790. The van der Waals surface area contributed by atoms with E-state index in [1.54, 1.807) is 0 Å². The maximum atomic E-state index is 13.0. The van der Waals surface area contributed by atoms with Crippen molar-refractivity contribution < 1.29 is 21.6 Å². The van der Waals surface area contributed by atoms with E-state index in [1.807, 2.05) is 6.92 Å². The van der Waals surface area contributed by atoms with Gasteiger partial charge >= 0.3 is 6.18 Å².